The summed E-state index contributed by atoms with van der Waals surface area (Å²) in [6.45, 7) is 0.954. The van der Waals surface area contributed by atoms with Crippen LogP contribution >= 0.6 is 0 Å². The molecule has 1 saturated carbocycles. The molecule has 3 rings (SSSR count). The molecule has 1 aromatic rings. The molecular formula is C15H22N2O. The maximum atomic E-state index is 9.91. The maximum absolute atomic E-state index is 9.91. The molecule has 98 valence electrons. The van der Waals surface area contributed by atoms with Gasteiger partial charge in [0.1, 0.15) is 6.23 Å². The smallest absolute Gasteiger partial charge is 0.126 e. The van der Waals surface area contributed by atoms with E-state index >= 15 is 0 Å². The van der Waals surface area contributed by atoms with E-state index in [0.717, 1.165) is 18.7 Å². The van der Waals surface area contributed by atoms with Gasteiger partial charge in [0, 0.05) is 19.0 Å². The Labute approximate surface area is 109 Å². The molecule has 0 spiro atoms. The predicted octanol–water partition coefficient (Wildman–Crippen LogP) is 2.96. The number of hydrogen-bond acceptors (Lipinski definition) is 3. The third-order valence-corrected chi connectivity index (χ3v) is 4.19. The Bertz CT molecular complexity index is 401. The minimum atomic E-state index is -0.417. The van der Waals surface area contributed by atoms with Crippen molar-refractivity contribution in [1.82, 2.24) is 0 Å². The molecule has 0 amide bonds. The van der Waals surface area contributed by atoms with E-state index in [4.69, 9.17) is 0 Å². The second kappa shape index (κ2) is 5.19. The Balaban J connectivity index is 1.89. The summed E-state index contributed by atoms with van der Waals surface area (Å²) in [7, 11) is 0. The number of fused-ring (bicyclic) bond motifs is 1. The highest BCUT2D eigenvalue weighted by Crippen LogP contribution is 2.34. The lowest BCUT2D eigenvalue weighted by Gasteiger charge is -2.36. The van der Waals surface area contributed by atoms with E-state index in [-0.39, 0.29) is 0 Å². The van der Waals surface area contributed by atoms with Gasteiger partial charge in [-0.25, -0.2) is 0 Å². The standard InChI is InChI=1S/C15H22N2O/c18-15-10-11-17(12-6-2-1-3-7-12)14-9-5-4-8-13(14)16-15/h4-5,8-9,12,15-16,18H,1-3,6-7,10-11H2. The van der Waals surface area contributed by atoms with Crippen LogP contribution in [-0.4, -0.2) is 23.9 Å². The van der Waals surface area contributed by atoms with Gasteiger partial charge in [0.25, 0.3) is 0 Å². The molecule has 1 fully saturated rings. The fourth-order valence-corrected chi connectivity index (χ4v) is 3.25. The van der Waals surface area contributed by atoms with Crippen molar-refractivity contribution in [2.45, 2.75) is 50.8 Å². The summed E-state index contributed by atoms with van der Waals surface area (Å²) in [5, 5.41) is 13.1. The average molecular weight is 246 g/mol. The zero-order valence-corrected chi connectivity index (χ0v) is 10.8. The van der Waals surface area contributed by atoms with Crippen molar-refractivity contribution in [1.29, 1.82) is 0 Å². The fraction of sp³-hybridized carbons (Fsp3) is 0.600. The minimum absolute atomic E-state index is 0.417. The summed E-state index contributed by atoms with van der Waals surface area (Å²) >= 11 is 0. The van der Waals surface area contributed by atoms with E-state index in [1.54, 1.807) is 0 Å². The number of anilines is 2. The quantitative estimate of drug-likeness (QED) is 0.799. The second-order valence-electron chi connectivity index (χ2n) is 5.45. The molecule has 1 atom stereocenters. The van der Waals surface area contributed by atoms with Gasteiger partial charge in [-0.1, -0.05) is 31.4 Å². The Morgan fingerprint density at radius 2 is 1.83 bits per heavy atom. The first-order chi connectivity index (χ1) is 8.84. The molecule has 3 heteroatoms. The van der Waals surface area contributed by atoms with Crippen molar-refractivity contribution in [3.63, 3.8) is 0 Å². The lowest BCUT2D eigenvalue weighted by atomic mass is 9.93. The van der Waals surface area contributed by atoms with Gasteiger partial charge in [-0.2, -0.15) is 0 Å². The molecule has 0 saturated heterocycles. The highest BCUT2D eigenvalue weighted by atomic mass is 16.3. The molecule has 1 aliphatic heterocycles. The molecular weight excluding hydrogens is 224 g/mol. The molecule has 2 aliphatic rings. The van der Waals surface area contributed by atoms with Gasteiger partial charge in [-0.15, -0.1) is 0 Å². The van der Waals surface area contributed by atoms with Crippen molar-refractivity contribution in [2.75, 3.05) is 16.8 Å². The molecule has 0 bridgehead atoms. The molecule has 1 unspecified atom stereocenters. The van der Waals surface area contributed by atoms with E-state index < -0.39 is 6.23 Å². The van der Waals surface area contributed by atoms with Gasteiger partial charge in [0.15, 0.2) is 0 Å². The molecule has 1 aromatic carbocycles. The first kappa shape index (κ1) is 11.8. The number of rotatable bonds is 1. The first-order valence-corrected chi connectivity index (χ1v) is 7.15. The van der Waals surface area contributed by atoms with Gasteiger partial charge in [-0.3, -0.25) is 0 Å². The third kappa shape index (κ3) is 2.32. The van der Waals surface area contributed by atoms with Gasteiger partial charge in [0.2, 0.25) is 0 Å². The lowest BCUT2D eigenvalue weighted by molar-refractivity contribution is 0.195. The van der Waals surface area contributed by atoms with E-state index in [1.807, 2.05) is 6.07 Å². The van der Waals surface area contributed by atoms with E-state index in [2.05, 4.69) is 28.4 Å². The second-order valence-corrected chi connectivity index (χ2v) is 5.45. The number of nitrogens with zero attached hydrogens (tertiary/aromatic N) is 1. The highest BCUT2D eigenvalue weighted by molar-refractivity contribution is 5.71. The van der Waals surface area contributed by atoms with Crippen LogP contribution in [0.25, 0.3) is 0 Å². The van der Waals surface area contributed by atoms with Crippen LogP contribution in [0.5, 0.6) is 0 Å². The van der Waals surface area contributed by atoms with Crippen molar-refractivity contribution in [2.24, 2.45) is 0 Å². The van der Waals surface area contributed by atoms with Crippen molar-refractivity contribution >= 4 is 11.4 Å². The number of benzene rings is 1. The zero-order valence-electron chi connectivity index (χ0n) is 10.8. The molecule has 3 nitrogen and oxygen atoms in total. The third-order valence-electron chi connectivity index (χ3n) is 4.19. The van der Waals surface area contributed by atoms with Gasteiger partial charge in [-0.05, 0) is 25.0 Å². The predicted molar refractivity (Wildman–Crippen MR) is 74.9 cm³/mol. The maximum Gasteiger partial charge on any atom is 0.126 e. The summed E-state index contributed by atoms with van der Waals surface area (Å²) in [4.78, 5) is 2.51. The van der Waals surface area contributed by atoms with Crippen molar-refractivity contribution in [3.05, 3.63) is 24.3 Å². The SMILES string of the molecule is OC1CCN(C2CCCCC2)c2ccccc2N1. The van der Waals surface area contributed by atoms with Crippen LogP contribution in [0.1, 0.15) is 38.5 Å². The number of nitrogens with one attached hydrogen (secondary N) is 1. The molecule has 1 heterocycles. The van der Waals surface area contributed by atoms with Crippen LogP contribution < -0.4 is 10.2 Å². The van der Waals surface area contributed by atoms with Crippen LogP contribution in [0.15, 0.2) is 24.3 Å². The summed E-state index contributed by atoms with van der Waals surface area (Å²) in [6, 6.07) is 9.03. The van der Waals surface area contributed by atoms with Crippen LogP contribution in [0, 0.1) is 0 Å². The molecule has 2 N–H and O–H groups in total. The summed E-state index contributed by atoms with van der Waals surface area (Å²) in [5.41, 5.74) is 2.34. The summed E-state index contributed by atoms with van der Waals surface area (Å²) in [5.74, 6) is 0. The summed E-state index contributed by atoms with van der Waals surface area (Å²) in [6.07, 6.45) is 7.05. The van der Waals surface area contributed by atoms with Gasteiger partial charge in [0.05, 0.1) is 11.4 Å². The van der Waals surface area contributed by atoms with Crippen molar-refractivity contribution < 1.29 is 5.11 Å². The Hall–Kier alpha value is -1.22. The van der Waals surface area contributed by atoms with E-state index in [0.29, 0.717) is 6.04 Å². The molecule has 0 aromatic heterocycles. The Morgan fingerprint density at radius 1 is 1.06 bits per heavy atom. The van der Waals surface area contributed by atoms with Crippen LogP contribution in [-0.2, 0) is 0 Å². The lowest BCUT2D eigenvalue weighted by Crippen LogP contribution is -2.37. The van der Waals surface area contributed by atoms with Crippen LogP contribution in [0.4, 0.5) is 11.4 Å². The Morgan fingerprint density at radius 3 is 2.67 bits per heavy atom. The minimum Gasteiger partial charge on any atom is -0.374 e. The normalized spacial score (nSPS) is 25.2. The monoisotopic (exact) mass is 246 g/mol. The van der Waals surface area contributed by atoms with Crippen LogP contribution in [0.2, 0.25) is 0 Å². The zero-order chi connectivity index (χ0) is 12.4. The molecule has 1 aliphatic carbocycles. The summed E-state index contributed by atoms with van der Waals surface area (Å²) < 4.78 is 0. The fourth-order valence-electron chi connectivity index (χ4n) is 3.25. The van der Waals surface area contributed by atoms with Gasteiger partial charge >= 0.3 is 0 Å². The number of aliphatic hydroxyl groups excluding tert-OH is 1. The van der Waals surface area contributed by atoms with E-state index in [9.17, 15) is 5.11 Å². The van der Waals surface area contributed by atoms with Gasteiger partial charge < -0.3 is 15.3 Å². The van der Waals surface area contributed by atoms with E-state index in [1.165, 1.54) is 37.8 Å². The topological polar surface area (TPSA) is 35.5 Å². The number of aliphatic hydroxyl groups is 1. The first-order valence-electron chi connectivity index (χ1n) is 7.15. The Kier molecular flexibility index (Phi) is 3.41. The number of hydrogen-bond donors (Lipinski definition) is 2. The molecule has 18 heavy (non-hydrogen) atoms. The van der Waals surface area contributed by atoms with Crippen molar-refractivity contribution in [3.8, 4) is 0 Å². The average Bonchev–Trinajstić information content (AvgIpc) is 2.58. The molecule has 0 radical (unpaired) electrons. The number of para-hydroxylation sites is 2. The van der Waals surface area contributed by atoms with Crippen LogP contribution in [0.3, 0.4) is 0 Å². The highest BCUT2D eigenvalue weighted by Gasteiger charge is 2.26. The largest absolute Gasteiger partial charge is 0.374 e.